The molecule has 0 spiro atoms. The molecule has 0 N–H and O–H groups in total. The molecule has 82 valence electrons. The van der Waals surface area contributed by atoms with E-state index >= 15 is 0 Å². The van der Waals surface area contributed by atoms with E-state index < -0.39 is 0 Å². The molecule has 3 heteroatoms. The highest BCUT2D eigenvalue weighted by molar-refractivity contribution is 5.75. The molecule has 3 nitrogen and oxygen atoms in total. The van der Waals surface area contributed by atoms with Gasteiger partial charge >= 0.3 is 0 Å². The van der Waals surface area contributed by atoms with Crippen LogP contribution in [-0.4, -0.2) is 18.1 Å². The molecule has 0 fully saturated rings. The van der Waals surface area contributed by atoms with Crippen molar-refractivity contribution in [3.05, 3.63) is 35.9 Å². The lowest BCUT2D eigenvalue weighted by Crippen LogP contribution is -2.31. The smallest absolute Gasteiger partial charge is 0.246 e. The zero-order valence-corrected chi connectivity index (χ0v) is 9.43. The van der Waals surface area contributed by atoms with Crippen LogP contribution in [0.5, 0.6) is 0 Å². The Hall–Kier alpha value is -1.35. The highest BCUT2D eigenvalue weighted by atomic mass is 16.7. The van der Waals surface area contributed by atoms with Gasteiger partial charge in [-0.05, 0) is 12.5 Å². The Bertz CT molecular complexity index is 311. The Morgan fingerprint density at radius 2 is 2.00 bits per heavy atom. The topological polar surface area (TPSA) is 29.5 Å². The van der Waals surface area contributed by atoms with Crippen molar-refractivity contribution in [3.8, 4) is 0 Å². The Balaban J connectivity index is 2.82. The predicted molar refractivity (Wildman–Crippen MR) is 59.0 cm³/mol. The summed E-state index contributed by atoms with van der Waals surface area (Å²) in [5.74, 6) is -0.00569. The quantitative estimate of drug-likeness (QED) is 0.710. The van der Waals surface area contributed by atoms with Crippen molar-refractivity contribution in [2.75, 3.05) is 7.11 Å². The van der Waals surface area contributed by atoms with Gasteiger partial charge in [0.25, 0.3) is 0 Å². The maximum absolute atomic E-state index is 11.6. The van der Waals surface area contributed by atoms with Crippen LogP contribution in [0.4, 0.5) is 0 Å². The molecule has 0 saturated carbocycles. The van der Waals surface area contributed by atoms with Crippen molar-refractivity contribution in [1.29, 1.82) is 0 Å². The standard InChI is InChI=1S/C12H17NO2/c1-4-12(14)13(15-3)10(2)11-8-6-5-7-9-11/h5-10H,4H2,1-3H3. The molecule has 1 aromatic carbocycles. The number of rotatable bonds is 4. The van der Waals surface area contributed by atoms with Crippen molar-refractivity contribution < 1.29 is 9.63 Å². The number of nitrogens with zero attached hydrogens (tertiary/aromatic N) is 1. The van der Waals surface area contributed by atoms with Crippen LogP contribution in [0.3, 0.4) is 0 Å². The van der Waals surface area contributed by atoms with Gasteiger partial charge in [0.2, 0.25) is 5.91 Å². The lowest BCUT2D eigenvalue weighted by Gasteiger charge is -2.26. The van der Waals surface area contributed by atoms with E-state index in [9.17, 15) is 4.79 Å². The second-order valence-corrected chi connectivity index (χ2v) is 3.34. The van der Waals surface area contributed by atoms with Crippen LogP contribution >= 0.6 is 0 Å². The van der Waals surface area contributed by atoms with E-state index in [1.807, 2.05) is 44.2 Å². The van der Waals surface area contributed by atoms with Crippen LogP contribution < -0.4 is 0 Å². The monoisotopic (exact) mass is 207 g/mol. The summed E-state index contributed by atoms with van der Waals surface area (Å²) in [6.07, 6.45) is 0.449. The second-order valence-electron chi connectivity index (χ2n) is 3.34. The van der Waals surface area contributed by atoms with Crippen LogP contribution in [0.25, 0.3) is 0 Å². The van der Waals surface area contributed by atoms with Crippen molar-refractivity contribution >= 4 is 5.91 Å². The molecular weight excluding hydrogens is 190 g/mol. The maximum Gasteiger partial charge on any atom is 0.246 e. The maximum atomic E-state index is 11.6. The first kappa shape index (κ1) is 11.7. The van der Waals surface area contributed by atoms with E-state index in [0.717, 1.165) is 5.56 Å². The van der Waals surface area contributed by atoms with Crippen LogP contribution in [0.2, 0.25) is 0 Å². The second kappa shape index (κ2) is 5.51. The summed E-state index contributed by atoms with van der Waals surface area (Å²) in [6.45, 7) is 3.78. The molecule has 1 atom stereocenters. The molecule has 15 heavy (non-hydrogen) atoms. The Morgan fingerprint density at radius 3 is 2.47 bits per heavy atom. The fourth-order valence-corrected chi connectivity index (χ4v) is 1.50. The third-order valence-electron chi connectivity index (χ3n) is 2.38. The van der Waals surface area contributed by atoms with E-state index in [4.69, 9.17) is 4.84 Å². The van der Waals surface area contributed by atoms with E-state index in [1.54, 1.807) is 0 Å². The number of amides is 1. The molecule has 0 aliphatic carbocycles. The fourth-order valence-electron chi connectivity index (χ4n) is 1.50. The number of hydrogen-bond acceptors (Lipinski definition) is 2. The molecule has 1 amide bonds. The Kier molecular flexibility index (Phi) is 4.31. The molecule has 0 heterocycles. The van der Waals surface area contributed by atoms with Gasteiger partial charge in [0.1, 0.15) is 0 Å². The van der Waals surface area contributed by atoms with Gasteiger partial charge in [-0.25, -0.2) is 5.06 Å². The van der Waals surface area contributed by atoms with E-state index in [1.165, 1.54) is 12.2 Å². The van der Waals surface area contributed by atoms with E-state index in [2.05, 4.69) is 0 Å². The van der Waals surface area contributed by atoms with Gasteiger partial charge in [-0.2, -0.15) is 0 Å². The molecular formula is C12H17NO2. The average Bonchev–Trinajstić information content (AvgIpc) is 2.30. The molecule has 1 aromatic rings. The number of carbonyl (C=O) groups is 1. The minimum atomic E-state index is -0.0522. The predicted octanol–water partition coefficient (Wildman–Crippen LogP) is 2.55. The number of benzene rings is 1. The van der Waals surface area contributed by atoms with Crippen LogP contribution in [0.1, 0.15) is 31.9 Å². The highest BCUT2D eigenvalue weighted by Crippen LogP contribution is 2.20. The van der Waals surface area contributed by atoms with Gasteiger partial charge in [-0.15, -0.1) is 0 Å². The molecule has 0 aromatic heterocycles. The molecule has 0 radical (unpaired) electrons. The Morgan fingerprint density at radius 1 is 1.40 bits per heavy atom. The summed E-state index contributed by atoms with van der Waals surface area (Å²) in [6, 6.07) is 9.78. The summed E-state index contributed by atoms with van der Waals surface area (Å²) >= 11 is 0. The van der Waals surface area contributed by atoms with Crippen LogP contribution in [-0.2, 0) is 9.63 Å². The molecule has 0 aliphatic rings. The third kappa shape index (κ3) is 2.80. The summed E-state index contributed by atoms with van der Waals surface area (Å²) in [7, 11) is 1.52. The van der Waals surface area contributed by atoms with Gasteiger partial charge in [-0.3, -0.25) is 9.63 Å². The molecule has 0 saturated heterocycles. The fraction of sp³-hybridized carbons (Fsp3) is 0.417. The van der Waals surface area contributed by atoms with Crippen LogP contribution in [0, 0.1) is 0 Å². The van der Waals surface area contributed by atoms with Crippen molar-refractivity contribution in [2.24, 2.45) is 0 Å². The SMILES string of the molecule is CCC(=O)N(OC)C(C)c1ccccc1. The van der Waals surface area contributed by atoms with Crippen molar-refractivity contribution in [3.63, 3.8) is 0 Å². The van der Waals surface area contributed by atoms with Gasteiger partial charge in [0, 0.05) is 6.42 Å². The van der Waals surface area contributed by atoms with Gasteiger partial charge < -0.3 is 0 Å². The van der Waals surface area contributed by atoms with Gasteiger partial charge in [0.05, 0.1) is 13.2 Å². The molecule has 1 unspecified atom stereocenters. The minimum absolute atomic E-state index is 0.00569. The van der Waals surface area contributed by atoms with E-state index in [-0.39, 0.29) is 11.9 Å². The molecule has 1 rings (SSSR count). The third-order valence-corrected chi connectivity index (χ3v) is 2.38. The number of hydrogen-bond donors (Lipinski definition) is 0. The van der Waals surface area contributed by atoms with Gasteiger partial charge in [-0.1, -0.05) is 37.3 Å². The summed E-state index contributed by atoms with van der Waals surface area (Å²) in [4.78, 5) is 16.7. The first-order chi connectivity index (χ1) is 7.20. The summed E-state index contributed by atoms with van der Waals surface area (Å²) in [5.41, 5.74) is 1.07. The van der Waals surface area contributed by atoms with Crippen LogP contribution in [0.15, 0.2) is 30.3 Å². The zero-order chi connectivity index (χ0) is 11.3. The van der Waals surface area contributed by atoms with E-state index in [0.29, 0.717) is 6.42 Å². The lowest BCUT2D eigenvalue weighted by atomic mass is 10.1. The number of hydroxylamine groups is 2. The first-order valence-electron chi connectivity index (χ1n) is 5.11. The van der Waals surface area contributed by atoms with Crippen molar-refractivity contribution in [1.82, 2.24) is 5.06 Å². The normalized spacial score (nSPS) is 12.2. The lowest BCUT2D eigenvalue weighted by molar-refractivity contribution is -0.187. The molecule has 0 bridgehead atoms. The highest BCUT2D eigenvalue weighted by Gasteiger charge is 2.19. The number of carbonyl (C=O) groups excluding carboxylic acids is 1. The Labute approximate surface area is 90.6 Å². The average molecular weight is 207 g/mol. The molecule has 0 aliphatic heterocycles. The summed E-state index contributed by atoms with van der Waals surface area (Å²) < 4.78 is 0. The zero-order valence-electron chi connectivity index (χ0n) is 9.43. The summed E-state index contributed by atoms with van der Waals surface area (Å²) in [5, 5.41) is 1.41. The minimum Gasteiger partial charge on any atom is -0.274 e. The first-order valence-corrected chi connectivity index (χ1v) is 5.11. The van der Waals surface area contributed by atoms with Crippen molar-refractivity contribution in [2.45, 2.75) is 26.3 Å². The largest absolute Gasteiger partial charge is 0.274 e. The van der Waals surface area contributed by atoms with Gasteiger partial charge in [0.15, 0.2) is 0 Å².